The lowest BCUT2D eigenvalue weighted by atomic mass is 10.4. The second-order valence-electron chi connectivity index (χ2n) is 3.00. The van der Waals surface area contributed by atoms with Gasteiger partial charge in [-0.15, -0.1) is 0 Å². The van der Waals surface area contributed by atoms with E-state index in [9.17, 15) is 22.8 Å². The summed E-state index contributed by atoms with van der Waals surface area (Å²) in [5, 5.41) is 10.0. The molecule has 0 heterocycles. The van der Waals surface area contributed by atoms with Crippen molar-refractivity contribution in [3.05, 3.63) is 0 Å². The van der Waals surface area contributed by atoms with Gasteiger partial charge in [-0.25, -0.2) is 4.79 Å². The molecule has 0 aliphatic heterocycles. The van der Waals surface area contributed by atoms with Crippen LogP contribution in [0.15, 0.2) is 0 Å². The zero-order valence-corrected chi connectivity index (χ0v) is 8.67. The maximum atomic E-state index is 11.8. The van der Waals surface area contributed by atoms with E-state index < -0.39 is 24.7 Å². The smallest absolute Gasteiger partial charge is 0.405 e. The Balaban J connectivity index is 4.06. The molecule has 8 heteroatoms. The lowest BCUT2D eigenvalue weighted by Crippen LogP contribution is -2.44. The molecule has 0 rings (SSSR count). The fraction of sp³-hybridized carbons (Fsp3) is 0.750. The molecule has 2 N–H and O–H groups in total. The monoisotopic (exact) mass is 242 g/mol. The number of nitrogens with one attached hydrogen (secondary N) is 1. The fourth-order valence-corrected chi connectivity index (χ4v) is 0.922. The predicted molar refractivity (Wildman–Crippen MR) is 49.0 cm³/mol. The molecular formula is C8H13F3N2O3. The number of carboxylic acids is 1. The first-order valence-electron chi connectivity index (χ1n) is 4.57. The van der Waals surface area contributed by atoms with Crippen molar-refractivity contribution in [3.8, 4) is 0 Å². The van der Waals surface area contributed by atoms with Crippen molar-refractivity contribution >= 4 is 12.0 Å². The molecule has 0 unspecified atom stereocenters. The molecule has 5 nitrogen and oxygen atoms in total. The van der Waals surface area contributed by atoms with Crippen LogP contribution < -0.4 is 5.32 Å². The Morgan fingerprint density at radius 2 is 1.94 bits per heavy atom. The van der Waals surface area contributed by atoms with Crippen LogP contribution in [0.25, 0.3) is 0 Å². The second-order valence-corrected chi connectivity index (χ2v) is 3.00. The van der Waals surface area contributed by atoms with Crippen molar-refractivity contribution in [1.82, 2.24) is 10.2 Å². The van der Waals surface area contributed by atoms with Crippen LogP contribution in [0.5, 0.6) is 0 Å². The molecule has 94 valence electrons. The van der Waals surface area contributed by atoms with E-state index in [-0.39, 0.29) is 19.5 Å². The normalized spacial score (nSPS) is 11.0. The molecule has 2 amide bonds. The van der Waals surface area contributed by atoms with Crippen LogP contribution in [-0.2, 0) is 4.79 Å². The number of aliphatic carboxylic acids is 1. The predicted octanol–water partition coefficient (Wildman–Crippen LogP) is 1.05. The van der Waals surface area contributed by atoms with E-state index in [0.717, 1.165) is 4.90 Å². The van der Waals surface area contributed by atoms with Gasteiger partial charge in [0.1, 0.15) is 6.54 Å². The Bertz CT molecular complexity index is 255. The second kappa shape index (κ2) is 6.19. The van der Waals surface area contributed by atoms with Gasteiger partial charge in [-0.1, -0.05) is 0 Å². The van der Waals surface area contributed by atoms with Gasteiger partial charge in [0, 0.05) is 13.1 Å². The van der Waals surface area contributed by atoms with Gasteiger partial charge in [0.15, 0.2) is 0 Å². The van der Waals surface area contributed by atoms with Gasteiger partial charge in [-0.3, -0.25) is 4.79 Å². The summed E-state index contributed by atoms with van der Waals surface area (Å²) in [4.78, 5) is 22.4. The number of urea groups is 1. The van der Waals surface area contributed by atoms with E-state index in [1.165, 1.54) is 0 Å². The maximum Gasteiger partial charge on any atom is 0.405 e. The molecule has 0 aromatic heterocycles. The number of rotatable bonds is 5. The van der Waals surface area contributed by atoms with Gasteiger partial charge in [-0.05, 0) is 6.92 Å². The van der Waals surface area contributed by atoms with E-state index in [0.29, 0.717) is 0 Å². The zero-order valence-electron chi connectivity index (χ0n) is 8.67. The maximum absolute atomic E-state index is 11.8. The number of hydrogen-bond acceptors (Lipinski definition) is 2. The topological polar surface area (TPSA) is 69.6 Å². The highest BCUT2D eigenvalue weighted by Gasteiger charge is 2.28. The van der Waals surface area contributed by atoms with E-state index >= 15 is 0 Å². The molecule has 0 aliphatic rings. The SMILES string of the molecule is CCN(CCC(=O)O)C(=O)NCC(F)(F)F. The summed E-state index contributed by atoms with van der Waals surface area (Å²) in [6, 6.07) is -0.916. The Morgan fingerprint density at radius 3 is 2.31 bits per heavy atom. The summed E-state index contributed by atoms with van der Waals surface area (Å²) in [6.45, 7) is 0.164. The molecule has 0 saturated carbocycles. The van der Waals surface area contributed by atoms with Gasteiger partial charge >= 0.3 is 18.2 Å². The summed E-state index contributed by atoms with van der Waals surface area (Å²) in [6.07, 6.45) is -4.77. The van der Waals surface area contributed by atoms with E-state index in [2.05, 4.69) is 0 Å². The number of alkyl halides is 3. The average molecular weight is 242 g/mol. The number of halogens is 3. The zero-order chi connectivity index (χ0) is 12.8. The number of nitrogens with zero attached hydrogens (tertiary/aromatic N) is 1. The van der Waals surface area contributed by atoms with Crippen molar-refractivity contribution in [3.63, 3.8) is 0 Å². The average Bonchev–Trinajstić information content (AvgIpc) is 2.14. The van der Waals surface area contributed by atoms with Crippen LogP contribution in [0.2, 0.25) is 0 Å². The Labute approximate surface area is 90.2 Å². The van der Waals surface area contributed by atoms with E-state index in [4.69, 9.17) is 5.11 Å². The van der Waals surface area contributed by atoms with Crippen molar-refractivity contribution in [1.29, 1.82) is 0 Å². The molecule has 0 saturated heterocycles. The summed E-state index contributed by atoms with van der Waals surface area (Å²) in [5.74, 6) is -1.11. The van der Waals surface area contributed by atoms with Gasteiger partial charge < -0.3 is 15.3 Å². The van der Waals surface area contributed by atoms with Crippen LogP contribution in [0.4, 0.5) is 18.0 Å². The van der Waals surface area contributed by atoms with Crippen molar-refractivity contribution in [2.45, 2.75) is 19.5 Å². The van der Waals surface area contributed by atoms with Crippen molar-refractivity contribution < 1.29 is 27.9 Å². The number of carboxylic acid groups (broad SMARTS) is 1. The standard InChI is InChI=1S/C8H13F3N2O3/c1-2-13(4-3-6(14)15)7(16)12-5-8(9,10)11/h2-5H2,1H3,(H,12,16)(H,14,15). The Hall–Kier alpha value is -1.47. The van der Waals surface area contributed by atoms with E-state index in [1.54, 1.807) is 12.2 Å². The molecule has 0 aromatic carbocycles. The van der Waals surface area contributed by atoms with Gasteiger partial charge in [-0.2, -0.15) is 13.2 Å². The molecule has 0 spiro atoms. The minimum Gasteiger partial charge on any atom is -0.481 e. The van der Waals surface area contributed by atoms with Crippen molar-refractivity contribution in [2.24, 2.45) is 0 Å². The minimum absolute atomic E-state index is 0.116. The van der Waals surface area contributed by atoms with Crippen LogP contribution in [0.3, 0.4) is 0 Å². The number of hydrogen-bond donors (Lipinski definition) is 2. The Morgan fingerprint density at radius 1 is 1.38 bits per heavy atom. The largest absolute Gasteiger partial charge is 0.481 e. The summed E-state index contributed by atoms with van der Waals surface area (Å²) in [5.41, 5.74) is 0. The molecule has 0 bridgehead atoms. The number of carbonyl (C=O) groups excluding carboxylic acids is 1. The molecule has 0 atom stereocenters. The van der Waals surface area contributed by atoms with Crippen LogP contribution in [0.1, 0.15) is 13.3 Å². The first-order chi connectivity index (χ1) is 7.26. The lowest BCUT2D eigenvalue weighted by Gasteiger charge is -2.20. The minimum atomic E-state index is -4.47. The number of amides is 2. The molecule has 0 aromatic rings. The third-order valence-corrected chi connectivity index (χ3v) is 1.70. The summed E-state index contributed by atoms with van der Waals surface area (Å²) in [7, 11) is 0. The lowest BCUT2D eigenvalue weighted by molar-refractivity contribution is -0.137. The third kappa shape index (κ3) is 6.91. The first-order valence-corrected chi connectivity index (χ1v) is 4.57. The quantitative estimate of drug-likeness (QED) is 0.757. The summed E-state index contributed by atoms with van der Waals surface area (Å²) < 4.78 is 35.3. The summed E-state index contributed by atoms with van der Waals surface area (Å²) >= 11 is 0. The molecular weight excluding hydrogens is 229 g/mol. The van der Waals surface area contributed by atoms with Gasteiger partial charge in [0.2, 0.25) is 0 Å². The highest BCUT2D eigenvalue weighted by Crippen LogP contribution is 2.12. The fourth-order valence-electron chi connectivity index (χ4n) is 0.922. The Kier molecular flexibility index (Phi) is 5.62. The first kappa shape index (κ1) is 14.5. The van der Waals surface area contributed by atoms with Crippen LogP contribution in [-0.4, -0.2) is 47.8 Å². The molecule has 16 heavy (non-hydrogen) atoms. The van der Waals surface area contributed by atoms with Crippen LogP contribution in [0, 0.1) is 0 Å². The highest BCUT2D eigenvalue weighted by atomic mass is 19.4. The molecule has 0 radical (unpaired) electrons. The number of carbonyl (C=O) groups is 2. The molecule has 0 aliphatic carbocycles. The van der Waals surface area contributed by atoms with Gasteiger partial charge in [0.25, 0.3) is 0 Å². The van der Waals surface area contributed by atoms with Crippen molar-refractivity contribution in [2.75, 3.05) is 19.6 Å². The van der Waals surface area contributed by atoms with E-state index in [1.807, 2.05) is 0 Å². The third-order valence-electron chi connectivity index (χ3n) is 1.70. The van der Waals surface area contributed by atoms with Gasteiger partial charge in [0.05, 0.1) is 6.42 Å². The highest BCUT2D eigenvalue weighted by molar-refractivity contribution is 5.75. The van der Waals surface area contributed by atoms with Crippen LogP contribution >= 0.6 is 0 Å². The molecule has 0 fully saturated rings.